The van der Waals surface area contributed by atoms with Gasteiger partial charge < -0.3 is 5.32 Å². The lowest BCUT2D eigenvalue weighted by Crippen LogP contribution is -2.47. The van der Waals surface area contributed by atoms with E-state index in [1.165, 1.54) is 56.2 Å². The predicted octanol–water partition coefficient (Wildman–Crippen LogP) is 4.41. The third-order valence-corrected chi connectivity index (χ3v) is 5.62. The zero-order valence-electron chi connectivity index (χ0n) is 12.4. The van der Waals surface area contributed by atoms with Gasteiger partial charge >= 0.3 is 0 Å². The van der Waals surface area contributed by atoms with Gasteiger partial charge in [0.1, 0.15) is 0 Å². The molecule has 0 spiro atoms. The molecule has 1 N–H and O–H groups in total. The molecule has 1 nitrogen and oxygen atoms in total. The monoisotopic (exact) mass is 257 g/mol. The van der Waals surface area contributed by atoms with Crippen LogP contribution in [0.25, 0.3) is 0 Å². The van der Waals surface area contributed by atoms with E-state index in [0.29, 0.717) is 5.41 Å². The summed E-state index contributed by atoms with van der Waals surface area (Å²) in [6.07, 6.45) is 8.38. The van der Waals surface area contributed by atoms with Gasteiger partial charge in [0.2, 0.25) is 0 Å². The molecule has 0 bridgehead atoms. The number of benzene rings is 1. The number of hydrogen-bond acceptors (Lipinski definition) is 1. The quantitative estimate of drug-likeness (QED) is 0.824. The van der Waals surface area contributed by atoms with Gasteiger partial charge in [0.15, 0.2) is 0 Å². The van der Waals surface area contributed by atoms with E-state index in [-0.39, 0.29) is 0 Å². The second kappa shape index (κ2) is 5.28. The van der Waals surface area contributed by atoms with E-state index < -0.39 is 0 Å². The molecule has 104 valence electrons. The molecule has 1 aromatic carbocycles. The molecule has 2 fully saturated rings. The molecular weight excluding hydrogens is 230 g/mol. The number of nitrogens with one attached hydrogen (secondary N) is 1. The topological polar surface area (TPSA) is 12.0 Å². The van der Waals surface area contributed by atoms with Gasteiger partial charge in [0.25, 0.3) is 0 Å². The van der Waals surface area contributed by atoms with Crippen molar-refractivity contribution in [1.29, 1.82) is 0 Å². The Morgan fingerprint density at radius 3 is 2.37 bits per heavy atom. The van der Waals surface area contributed by atoms with Gasteiger partial charge in [-0.2, -0.15) is 0 Å². The van der Waals surface area contributed by atoms with E-state index in [4.69, 9.17) is 0 Å². The van der Waals surface area contributed by atoms with Crippen molar-refractivity contribution in [2.24, 2.45) is 5.41 Å². The highest BCUT2D eigenvalue weighted by Gasteiger charge is 2.37. The van der Waals surface area contributed by atoms with Crippen LogP contribution in [0.5, 0.6) is 0 Å². The fourth-order valence-corrected chi connectivity index (χ4v) is 3.59. The molecule has 0 amide bonds. The Morgan fingerprint density at radius 1 is 1.16 bits per heavy atom. The molecule has 3 rings (SSSR count). The second-order valence-electron chi connectivity index (χ2n) is 6.86. The van der Waals surface area contributed by atoms with E-state index in [2.05, 4.69) is 43.4 Å². The minimum absolute atomic E-state index is 0.662. The minimum Gasteiger partial charge on any atom is -0.313 e. The van der Waals surface area contributed by atoms with Gasteiger partial charge in [-0.25, -0.2) is 0 Å². The first kappa shape index (κ1) is 13.2. The minimum atomic E-state index is 0.662. The Balaban J connectivity index is 1.44. The van der Waals surface area contributed by atoms with Crippen LogP contribution in [-0.2, 0) is 0 Å². The average molecular weight is 257 g/mol. The van der Waals surface area contributed by atoms with Crippen molar-refractivity contribution < 1.29 is 0 Å². The number of aryl methyl sites for hydroxylation is 1. The first-order valence-electron chi connectivity index (χ1n) is 8.01. The maximum Gasteiger partial charge on any atom is 0.00789 e. The Hall–Kier alpha value is -0.820. The molecule has 19 heavy (non-hydrogen) atoms. The SMILES string of the molecule is CCC1(CNC2CC(c3ccc(C)cc3)C2)CCC1. The maximum atomic E-state index is 3.82. The van der Waals surface area contributed by atoms with E-state index in [1.807, 2.05) is 0 Å². The zero-order valence-corrected chi connectivity index (χ0v) is 12.4. The molecule has 2 aliphatic carbocycles. The van der Waals surface area contributed by atoms with Gasteiger partial charge in [-0.15, -0.1) is 0 Å². The third-order valence-electron chi connectivity index (χ3n) is 5.62. The second-order valence-corrected chi connectivity index (χ2v) is 6.86. The lowest BCUT2D eigenvalue weighted by molar-refractivity contribution is 0.109. The summed E-state index contributed by atoms with van der Waals surface area (Å²) < 4.78 is 0. The van der Waals surface area contributed by atoms with Crippen molar-refractivity contribution in [3.63, 3.8) is 0 Å². The van der Waals surface area contributed by atoms with E-state index in [1.54, 1.807) is 0 Å². The molecule has 0 aliphatic heterocycles. The van der Waals surface area contributed by atoms with Crippen LogP contribution in [-0.4, -0.2) is 12.6 Å². The van der Waals surface area contributed by atoms with Gasteiger partial charge in [0.05, 0.1) is 0 Å². The molecule has 2 saturated carbocycles. The van der Waals surface area contributed by atoms with E-state index in [9.17, 15) is 0 Å². The van der Waals surface area contributed by atoms with Crippen molar-refractivity contribution in [2.75, 3.05) is 6.54 Å². The first-order valence-corrected chi connectivity index (χ1v) is 8.01. The lowest BCUT2D eigenvalue weighted by Gasteiger charge is -2.45. The normalized spacial score (nSPS) is 28.5. The first-order chi connectivity index (χ1) is 9.21. The average Bonchev–Trinajstić information content (AvgIpc) is 2.32. The summed E-state index contributed by atoms with van der Waals surface area (Å²) in [6.45, 7) is 5.78. The highest BCUT2D eigenvalue weighted by molar-refractivity contribution is 5.26. The van der Waals surface area contributed by atoms with Crippen molar-refractivity contribution in [3.8, 4) is 0 Å². The van der Waals surface area contributed by atoms with E-state index in [0.717, 1.165) is 12.0 Å². The van der Waals surface area contributed by atoms with Crippen molar-refractivity contribution in [3.05, 3.63) is 35.4 Å². The number of hydrogen-bond donors (Lipinski definition) is 1. The van der Waals surface area contributed by atoms with Gasteiger partial charge in [-0.05, 0) is 55.9 Å². The van der Waals surface area contributed by atoms with Gasteiger partial charge in [0, 0.05) is 12.6 Å². The third kappa shape index (κ3) is 2.72. The maximum absolute atomic E-state index is 3.82. The van der Waals surface area contributed by atoms with Crippen molar-refractivity contribution >= 4 is 0 Å². The standard InChI is InChI=1S/C18H27N/c1-3-18(9-4-10-18)13-19-17-11-16(12-17)15-7-5-14(2)6-8-15/h5-8,16-17,19H,3-4,9-13H2,1-2H3. The fourth-order valence-electron chi connectivity index (χ4n) is 3.59. The van der Waals surface area contributed by atoms with Crippen LogP contribution in [0.15, 0.2) is 24.3 Å². The molecule has 0 aromatic heterocycles. The largest absolute Gasteiger partial charge is 0.313 e. The highest BCUT2D eigenvalue weighted by atomic mass is 14.9. The van der Waals surface area contributed by atoms with Crippen LogP contribution >= 0.6 is 0 Å². The van der Waals surface area contributed by atoms with E-state index >= 15 is 0 Å². The number of rotatable bonds is 5. The van der Waals surface area contributed by atoms with Crippen LogP contribution in [0.1, 0.15) is 62.5 Å². The highest BCUT2D eigenvalue weighted by Crippen LogP contribution is 2.44. The summed E-state index contributed by atoms with van der Waals surface area (Å²) >= 11 is 0. The summed E-state index contributed by atoms with van der Waals surface area (Å²) in [4.78, 5) is 0. The summed E-state index contributed by atoms with van der Waals surface area (Å²) in [5.74, 6) is 0.803. The summed E-state index contributed by atoms with van der Waals surface area (Å²) in [7, 11) is 0. The molecule has 1 heteroatoms. The van der Waals surface area contributed by atoms with Crippen LogP contribution in [0.4, 0.5) is 0 Å². The van der Waals surface area contributed by atoms with Crippen molar-refractivity contribution in [1.82, 2.24) is 5.32 Å². The summed E-state index contributed by atoms with van der Waals surface area (Å²) in [6, 6.07) is 9.90. The lowest BCUT2D eigenvalue weighted by atomic mass is 9.66. The zero-order chi connectivity index (χ0) is 13.3. The molecule has 0 atom stereocenters. The Morgan fingerprint density at radius 2 is 1.84 bits per heavy atom. The van der Waals surface area contributed by atoms with Crippen LogP contribution in [0.2, 0.25) is 0 Å². The molecule has 2 aliphatic rings. The molecule has 0 saturated heterocycles. The van der Waals surface area contributed by atoms with Crippen LogP contribution < -0.4 is 5.32 Å². The molecule has 1 aromatic rings. The molecular formula is C18H27N. The van der Waals surface area contributed by atoms with Crippen LogP contribution in [0, 0.1) is 12.3 Å². The Bertz CT molecular complexity index is 404. The Labute approximate surface area is 117 Å². The molecule has 0 heterocycles. The molecule has 0 radical (unpaired) electrons. The van der Waals surface area contributed by atoms with Crippen LogP contribution in [0.3, 0.4) is 0 Å². The van der Waals surface area contributed by atoms with Gasteiger partial charge in [-0.1, -0.05) is 43.2 Å². The summed E-state index contributed by atoms with van der Waals surface area (Å²) in [5.41, 5.74) is 3.57. The molecule has 0 unspecified atom stereocenters. The smallest absolute Gasteiger partial charge is 0.00789 e. The van der Waals surface area contributed by atoms with Gasteiger partial charge in [-0.3, -0.25) is 0 Å². The summed E-state index contributed by atoms with van der Waals surface area (Å²) in [5, 5.41) is 3.82. The predicted molar refractivity (Wildman–Crippen MR) is 81.5 cm³/mol. The fraction of sp³-hybridized carbons (Fsp3) is 0.667. The van der Waals surface area contributed by atoms with Crippen molar-refractivity contribution in [2.45, 2.75) is 64.3 Å². The Kier molecular flexibility index (Phi) is 3.66.